The molecule has 2 atom stereocenters. The normalized spacial score (nSPS) is 13.2. The molecule has 0 aliphatic heterocycles. The number of alkyl carbamates (subject to hydrolysis) is 1. The first-order valence-corrected chi connectivity index (χ1v) is 8.21. The molecule has 0 fully saturated rings. The van der Waals surface area contributed by atoms with E-state index in [-0.39, 0.29) is 34.3 Å². The number of amides is 1. The van der Waals surface area contributed by atoms with Gasteiger partial charge in [0.1, 0.15) is 29.1 Å². The molecule has 0 aliphatic rings. The van der Waals surface area contributed by atoms with Crippen LogP contribution in [0.4, 0.5) is 4.79 Å². The Kier molecular flexibility index (Phi) is 7.22. The summed E-state index contributed by atoms with van der Waals surface area (Å²) in [6.45, 7) is -0.224. The Labute approximate surface area is 158 Å². The lowest BCUT2D eigenvalue weighted by atomic mass is 10.1. The predicted octanol–water partition coefficient (Wildman–Crippen LogP) is 2.76. The van der Waals surface area contributed by atoms with Gasteiger partial charge < -0.3 is 20.3 Å². The van der Waals surface area contributed by atoms with Gasteiger partial charge in [-0.15, -0.1) is 0 Å². The summed E-state index contributed by atoms with van der Waals surface area (Å²) < 4.78 is 4.99. The molecule has 10 heteroatoms. The molecule has 134 valence electrons. The van der Waals surface area contributed by atoms with Gasteiger partial charge in [-0.1, -0.05) is 53.5 Å². The molecular weight excluding hydrogens is 393 g/mol. The molecule has 2 aromatic rings. The maximum absolute atomic E-state index is 11.6. The number of benzene rings is 1. The number of aliphatic hydroxyl groups is 2. The number of aliphatic hydroxyl groups excluding tert-OH is 2. The molecule has 0 spiro atoms. The summed E-state index contributed by atoms with van der Waals surface area (Å²) in [4.78, 5) is 18.9. The molecule has 1 amide bonds. The van der Waals surface area contributed by atoms with Gasteiger partial charge in [0.2, 0.25) is 5.28 Å². The zero-order valence-corrected chi connectivity index (χ0v) is 15.0. The number of rotatable bonds is 6. The van der Waals surface area contributed by atoms with Gasteiger partial charge in [0.15, 0.2) is 0 Å². The SMILES string of the molecule is O=C(NCC(O)C(O)c1c(Cl)nc(Cl)nc1Cl)OCc1ccccc1. The Morgan fingerprint density at radius 3 is 2.32 bits per heavy atom. The van der Waals surface area contributed by atoms with Crippen molar-refractivity contribution in [2.45, 2.75) is 18.8 Å². The highest BCUT2D eigenvalue weighted by Crippen LogP contribution is 2.30. The van der Waals surface area contributed by atoms with Crippen LogP contribution in [0.15, 0.2) is 30.3 Å². The lowest BCUT2D eigenvalue weighted by Crippen LogP contribution is -2.36. The van der Waals surface area contributed by atoms with Gasteiger partial charge in [-0.25, -0.2) is 14.8 Å². The van der Waals surface area contributed by atoms with Crippen LogP contribution in [0.1, 0.15) is 17.2 Å². The topological polar surface area (TPSA) is 105 Å². The second-order valence-corrected chi connectivity index (χ2v) is 6.00. The minimum Gasteiger partial charge on any atom is -0.445 e. The van der Waals surface area contributed by atoms with E-state index in [2.05, 4.69) is 15.3 Å². The van der Waals surface area contributed by atoms with Gasteiger partial charge >= 0.3 is 6.09 Å². The summed E-state index contributed by atoms with van der Waals surface area (Å²) in [6, 6.07) is 9.08. The van der Waals surface area contributed by atoms with Gasteiger partial charge in [-0.3, -0.25) is 0 Å². The Bertz CT molecular complexity index is 710. The van der Waals surface area contributed by atoms with Gasteiger partial charge in [-0.2, -0.15) is 0 Å². The molecule has 1 aromatic heterocycles. The van der Waals surface area contributed by atoms with Crippen molar-refractivity contribution in [1.29, 1.82) is 0 Å². The molecule has 3 N–H and O–H groups in total. The zero-order valence-electron chi connectivity index (χ0n) is 12.7. The number of nitrogens with one attached hydrogen (secondary N) is 1. The largest absolute Gasteiger partial charge is 0.445 e. The molecule has 2 unspecified atom stereocenters. The zero-order chi connectivity index (χ0) is 18.4. The number of hydrogen-bond acceptors (Lipinski definition) is 6. The van der Waals surface area contributed by atoms with Crippen molar-refractivity contribution in [2.75, 3.05) is 6.54 Å². The highest BCUT2D eigenvalue weighted by Gasteiger charge is 2.26. The monoisotopic (exact) mass is 405 g/mol. The second-order valence-electron chi connectivity index (χ2n) is 4.94. The quantitative estimate of drug-likeness (QED) is 0.503. The number of aromatic nitrogens is 2. The predicted molar refractivity (Wildman–Crippen MR) is 92.7 cm³/mol. The average molecular weight is 407 g/mol. The number of halogens is 3. The smallest absolute Gasteiger partial charge is 0.407 e. The van der Waals surface area contributed by atoms with Crippen molar-refractivity contribution in [3.63, 3.8) is 0 Å². The average Bonchev–Trinajstić information content (AvgIpc) is 2.57. The fourth-order valence-electron chi connectivity index (χ4n) is 1.90. The highest BCUT2D eigenvalue weighted by molar-refractivity contribution is 6.36. The molecule has 25 heavy (non-hydrogen) atoms. The third-order valence-electron chi connectivity index (χ3n) is 3.15. The molecule has 0 saturated carbocycles. The van der Waals surface area contributed by atoms with Crippen molar-refractivity contribution in [3.8, 4) is 0 Å². The first-order valence-electron chi connectivity index (χ1n) is 7.07. The van der Waals surface area contributed by atoms with E-state index in [4.69, 9.17) is 39.5 Å². The molecular formula is C15H14Cl3N3O4. The lowest BCUT2D eigenvalue weighted by molar-refractivity contribution is 0.0181. The third kappa shape index (κ3) is 5.69. The van der Waals surface area contributed by atoms with Crippen LogP contribution in [0.3, 0.4) is 0 Å². The van der Waals surface area contributed by atoms with E-state index in [0.29, 0.717) is 0 Å². The fourth-order valence-corrected chi connectivity index (χ4v) is 2.77. The summed E-state index contributed by atoms with van der Waals surface area (Å²) in [5, 5.41) is 21.9. The highest BCUT2D eigenvalue weighted by atomic mass is 35.5. The van der Waals surface area contributed by atoms with Crippen molar-refractivity contribution in [1.82, 2.24) is 15.3 Å². The summed E-state index contributed by atoms with van der Waals surface area (Å²) in [6.07, 6.45) is -3.68. The van der Waals surface area contributed by atoms with E-state index in [1.54, 1.807) is 12.1 Å². The Hall–Kier alpha value is -1.64. The molecule has 7 nitrogen and oxygen atoms in total. The van der Waals surface area contributed by atoms with Gasteiger partial charge in [0.25, 0.3) is 0 Å². The Morgan fingerprint density at radius 1 is 1.12 bits per heavy atom. The second kappa shape index (κ2) is 9.17. The standard InChI is InChI=1S/C15H14Cl3N3O4/c16-12-10(13(17)21-14(18)20-12)11(23)9(22)6-19-15(24)25-7-8-4-2-1-3-5-8/h1-5,9,11,22-23H,6-7H2,(H,19,24). The molecule has 1 heterocycles. The minimum absolute atomic E-state index is 0.0774. The van der Waals surface area contributed by atoms with E-state index < -0.39 is 18.3 Å². The summed E-state index contributed by atoms with van der Waals surface area (Å²) in [5.41, 5.74) is 0.731. The van der Waals surface area contributed by atoms with E-state index in [0.717, 1.165) is 5.56 Å². The summed E-state index contributed by atoms with van der Waals surface area (Å²) >= 11 is 17.3. The van der Waals surface area contributed by atoms with Crippen LogP contribution in [0, 0.1) is 0 Å². The maximum atomic E-state index is 11.6. The van der Waals surface area contributed by atoms with Crippen LogP contribution >= 0.6 is 34.8 Å². The summed E-state index contributed by atoms with van der Waals surface area (Å²) in [7, 11) is 0. The number of hydrogen-bond donors (Lipinski definition) is 3. The molecule has 2 rings (SSSR count). The van der Waals surface area contributed by atoms with E-state index in [1.807, 2.05) is 18.2 Å². The number of nitrogens with zero attached hydrogens (tertiary/aromatic N) is 2. The molecule has 0 aliphatic carbocycles. The fraction of sp³-hybridized carbons (Fsp3) is 0.267. The van der Waals surface area contributed by atoms with Crippen LogP contribution in [-0.4, -0.2) is 38.9 Å². The van der Waals surface area contributed by atoms with Gasteiger partial charge in [-0.05, 0) is 17.2 Å². The first kappa shape index (κ1) is 19.7. The van der Waals surface area contributed by atoms with Crippen LogP contribution in [0.2, 0.25) is 15.6 Å². The maximum Gasteiger partial charge on any atom is 0.407 e. The van der Waals surface area contributed by atoms with Crippen LogP contribution in [0.5, 0.6) is 0 Å². The lowest BCUT2D eigenvalue weighted by Gasteiger charge is -2.19. The molecule has 1 aromatic carbocycles. The minimum atomic E-state index is -1.52. The first-order chi connectivity index (χ1) is 11.9. The number of ether oxygens (including phenoxy) is 1. The van der Waals surface area contributed by atoms with Gasteiger partial charge in [0.05, 0.1) is 5.56 Å². The van der Waals surface area contributed by atoms with Crippen LogP contribution in [0.25, 0.3) is 0 Å². The Balaban J connectivity index is 1.87. The summed E-state index contributed by atoms with van der Waals surface area (Å²) in [5.74, 6) is 0. The molecule has 0 radical (unpaired) electrons. The Morgan fingerprint density at radius 2 is 1.72 bits per heavy atom. The van der Waals surface area contributed by atoms with Crippen molar-refractivity contribution in [3.05, 3.63) is 57.0 Å². The van der Waals surface area contributed by atoms with Gasteiger partial charge in [0, 0.05) is 6.54 Å². The van der Waals surface area contributed by atoms with Crippen molar-refractivity contribution < 1.29 is 19.7 Å². The number of carbonyl (C=O) groups is 1. The van der Waals surface area contributed by atoms with E-state index in [9.17, 15) is 15.0 Å². The van der Waals surface area contributed by atoms with Crippen LogP contribution < -0.4 is 5.32 Å². The van der Waals surface area contributed by atoms with Crippen LogP contribution in [-0.2, 0) is 11.3 Å². The third-order valence-corrected chi connectivity index (χ3v) is 3.90. The molecule has 0 saturated heterocycles. The van der Waals surface area contributed by atoms with E-state index in [1.165, 1.54) is 0 Å². The van der Waals surface area contributed by atoms with E-state index >= 15 is 0 Å². The molecule has 0 bridgehead atoms. The van der Waals surface area contributed by atoms with Crippen molar-refractivity contribution in [2.24, 2.45) is 0 Å². The number of carbonyl (C=O) groups excluding carboxylic acids is 1. The van der Waals surface area contributed by atoms with Crippen molar-refractivity contribution >= 4 is 40.9 Å².